The van der Waals surface area contributed by atoms with Crippen molar-refractivity contribution in [3.8, 4) is 0 Å². The second-order valence-electron chi connectivity index (χ2n) is 7.43. The summed E-state index contributed by atoms with van der Waals surface area (Å²) < 4.78 is 50.2. The molecule has 0 saturated heterocycles. The van der Waals surface area contributed by atoms with E-state index in [1.165, 1.54) is 48.5 Å². The Bertz CT molecular complexity index is 1070. The standard InChI is InChI=1S/C22H31N3O10P2/c1-5-32-36(30,33-6-2)21(17-11-9-13-19(15-17)24(26)27)23-22(37(31,34-7-3)35-8-4)18-12-10-14-20(16-18)25(28)29/h9-16,21-23H,5-8H2,1-4H3/t21-,22-/m0/s1. The Morgan fingerprint density at radius 3 is 1.30 bits per heavy atom. The lowest BCUT2D eigenvalue weighted by atomic mass is 10.1. The smallest absolute Gasteiger partial charge is 0.308 e. The largest absolute Gasteiger partial charge is 0.351 e. The molecule has 0 fully saturated rings. The van der Waals surface area contributed by atoms with Crippen molar-refractivity contribution in [3.05, 3.63) is 79.9 Å². The quantitative estimate of drug-likeness (QED) is 0.139. The second kappa shape index (κ2) is 13.9. The lowest BCUT2D eigenvalue weighted by Crippen LogP contribution is -2.29. The monoisotopic (exact) mass is 559 g/mol. The number of hydrogen-bond donors (Lipinski definition) is 1. The number of nitro benzene ring substituents is 2. The van der Waals surface area contributed by atoms with Crippen LogP contribution in [0.25, 0.3) is 0 Å². The maximum Gasteiger partial charge on any atom is 0.351 e. The topological polar surface area (TPSA) is 169 Å². The van der Waals surface area contributed by atoms with Gasteiger partial charge in [-0.2, -0.15) is 0 Å². The van der Waals surface area contributed by atoms with Crippen LogP contribution >= 0.6 is 15.2 Å². The van der Waals surface area contributed by atoms with Gasteiger partial charge in [-0.1, -0.05) is 24.3 Å². The van der Waals surface area contributed by atoms with Gasteiger partial charge >= 0.3 is 15.2 Å². The summed E-state index contributed by atoms with van der Waals surface area (Å²) in [6.07, 6.45) is 0. The third kappa shape index (κ3) is 7.75. The van der Waals surface area contributed by atoms with Crippen LogP contribution in [0, 0.1) is 20.2 Å². The molecule has 0 bridgehead atoms. The van der Waals surface area contributed by atoms with Crippen LogP contribution in [0.1, 0.15) is 50.4 Å². The van der Waals surface area contributed by atoms with Gasteiger partial charge in [-0.15, -0.1) is 0 Å². The van der Waals surface area contributed by atoms with Crippen molar-refractivity contribution in [3.63, 3.8) is 0 Å². The van der Waals surface area contributed by atoms with Gasteiger partial charge in [-0.3, -0.25) is 34.7 Å². The molecule has 0 aliphatic rings. The van der Waals surface area contributed by atoms with Crippen LogP contribution in [0.2, 0.25) is 0 Å². The van der Waals surface area contributed by atoms with E-state index in [0.29, 0.717) is 0 Å². The molecule has 2 aromatic rings. The highest BCUT2D eigenvalue weighted by molar-refractivity contribution is 7.55. The summed E-state index contributed by atoms with van der Waals surface area (Å²) >= 11 is 0. The van der Waals surface area contributed by atoms with Gasteiger partial charge in [0.2, 0.25) is 0 Å². The van der Waals surface area contributed by atoms with Crippen molar-refractivity contribution in [1.29, 1.82) is 0 Å². The Hall–Kier alpha value is -2.50. The average Bonchev–Trinajstić information content (AvgIpc) is 2.85. The fourth-order valence-corrected chi connectivity index (χ4v) is 7.62. The predicted octanol–water partition coefficient (Wildman–Crippen LogP) is 6.32. The fourth-order valence-electron chi connectivity index (χ4n) is 3.60. The highest BCUT2D eigenvalue weighted by atomic mass is 31.2. The van der Waals surface area contributed by atoms with Gasteiger partial charge in [-0.05, 0) is 38.8 Å². The second-order valence-corrected chi connectivity index (χ2v) is 11.7. The lowest BCUT2D eigenvalue weighted by Gasteiger charge is -2.34. The Morgan fingerprint density at radius 1 is 0.703 bits per heavy atom. The Morgan fingerprint density at radius 2 is 1.03 bits per heavy atom. The molecule has 0 unspecified atom stereocenters. The van der Waals surface area contributed by atoms with Crippen molar-refractivity contribution >= 4 is 26.6 Å². The zero-order valence-corrected chi connectivity index (χ0v) is 22.8. The summed E-state index contributed by atoms with van der Waals surface area (Å²) in [6.45, 7) is 6.28. The number of benzene rings is 2. The first-order chi connectivity index (χ1) is 17.5. The van der Waals surface area contributed by atoms with Crippen LogP contribution < -0.4 is 5.32 Å². The molecule has 204 valence electrons. The first kappa shape index (κ1) is 30.7. The molecule has 0 saturated carbocycles. The maximum atomic E-state index is 14.0. The molecule has 0 radical (unpaired) electrons. The first-order valence-electron chi connectivity index (χ1n) is 11.6. The maximum absolute atomic E-state index is 14.0. The van der Waals surface area contributed by atoms with Crippen molar-refractivity contribution in [2.45, 2.75) is 39.3 Å². The molecule has 0 aromatic heterocycles. The number of nitro groups is 2. The van der Waals surface area contributed by atoms with E-state index in [2.05, 4.69) is 5.32 Å². The molecule has 2 atom stereocenters. The first-order valence-corrected chi connectivity index (χ1v) is 14.8. The van der Waals surface area contributed by atoms with Crippen molar-refractivity contribution < 1.29 is 37.1 Å². The molecule has 0 amide bonds. The van der Waals surface area contributed by atoms with Crippen LogP contribution in [0.4, 0.5) is 11.4 Å². The van der Waals surface area contributed by atoms with Gasteiger partial charge in [0.25, 0.3) is 11.4 Å². The molecule has 15 heteroatoms. The molecule has 0 spiro atoms. The van der Waals surface area contributed by atoms with Gasteiger partial charge in [0, 0.05) is 24.3 Å². The number of hydrogen-bond acceptors (Lipinski definition) is 11. The van der Waals surface area contributed by atoms with E-state index < -0.39 is 36.6 Å². The zero-order valence-electron chi connectivity index (χ0n) is 21.0. The summed E-state index contributed by atoms with van der Waals surface area (Å²) in [5, 5.41) is 25.9. The number of nitrogens with one attached hydrogen (secondary N) is 1. The molecule has 37 heavy (non-hydrogen) atoms. The Labute approximate surface area is 214 Å². The summed E-state index contributed by atoms with van der Waals surface area (Å²) in [5.41, 5.74) is -0.272. The molecule has 0 aliphatic carbocycles. The molecule has 1 N–H and O–H groups in total. The normalized spacial score (nSPS) is 13.7. The molecule has 2 aromatic carbocycles. The van der Waals surface area contributed by atoms with Gasteiger partial charge in [0.05, 0.1) is 36.3 Å². The van der Waals surface area contributed by atoms with E-state index in [9.17, 15) is 29.4 Å². The number of rotatable bonds is 16. The molecule has 0 aliphatic heterocycles. The van der Waals surface area contributed by atoms with Crippen molar-refractivity contribution in [1.82, 2.24) is 5.32 Å². The summed E-state index contributed by atoms with van der Waals surface area (Å²) in [5.74, 6) is -2.77. The minimum Gasteiger partial charge on any atom is -0.308 e. The van der Waals surface area contributed by atoms with Crippen LogP contribution in [0.5, 0.6) is 0 Å². The minimum absolute atomic E-state index is 0.0273. The molecule has 2 rings (SSSR count). The third-order valence-electron chi connectivity index (χ3n) is 4.98. The van der Waals surface area contributed by atoms with Gasteiger partial charge in [-0.25, -0.2) is 0 Å². The Kier molecular flexibility index (Phi) is 11.5. The number of non-ortho nitro benzene ring substituents is 2. The molecule has 13 nitrogen and oxygen atoms in total. The van der Waals surface area contributed by atoms with E-state index in [0.717, 1.165) is 0 Å². The molecular formula is C22H31N3O10P2. The van der Waals surface area contributed by atoms with Crippen LogP contribution in [-0.2, 0) is 27.2 Å². The number of nitrogens with zero attached hydrogens (tertiary/aromatic N) is 2. The SMILES string of the molecule is CCOP(=O)(OCC)[C@H](N[C@H](c1cccc([N+](=O)[O-])c1)P(=O)(OCC)OCC)c1cccc([N+](=O)[O-])c1. The van der Waals surface area contributed by atoms with E-state index in [-0.39, 0.29) is 48.9 Å². The van der Waals surface area contributed by atoms with E-state index in [1.54, 1.807) is 27.7 Å². The third-order valence-corrected chi connectivity index (χ3v) is 9.61. The highest BCUT2D eigenvalue weighted by Crippen LogP contribution is 2.65. The highest BCUT2D eigenvalue weighted by Gasteiger charge is 2.45. The van der Waals surface area contributed by atoms with Crippen molar-refractivity contribution in [2.24, 2.45) is 0 Å². The average molecular weight is 559 g/mol. The Balaban J connectivity index is 2.80. The lowest BCUT2D eigenvalue weighted by molar-refractivity contribution is -0.385. The van der Waals surface area contributed by atoms with E-state index >= 15 is 0 Å². The molecule has 0 heterocycles. The van der Waals surface area contributed by atoms with Crippen LogP contribution in [-0.4, -0.2) is 36.3 Å². The van der Waals surface area contributed by atoms with Gasteiger partial charge in [0.15, 0.2) is 0 Å². The van der Waals surface area contributed by atoms with E-state index in [1.807, 2.05) is 0 Å². The summed E-state index contributed by atoms with van der Waals surface area (Å²) in [4.78, 5) is 21.7. The zero-order chi connectivity index (χ0) is 27.6. The van der Waals surface area contributed by atoms with Gasteiger partial charge in [0.1, 0.15) is 11.6 Å². The molecular weight excluding hydrogens is 528 g/mol. The van der Waals surface area contributed by atoms with Crippen LogP contribution in [0.3, 0.4) is 0 Å². The summed E-state index contributed by atoms with van der Waals surface area (Å²) in [6, 6.07) is 10.7. The fraction of sp³-hybridized carbons (Fsp3) is 0.455. The van der Waals surface area contributed by atoms with Crippen molar-refractivity contribution in [2.75, 3.05) is 26.4 Å². The predicted molar refractivity (Wildman–Crippen MR) is 137 cm³/mol. The summed E-state index contributed by atoms with van der Waals surface area (Å²) in [7, 11) is -8.23. The minimum atomic E-state index is -4.11. The van der Waals surface area contributed by atoms with E-state index in [4.69, 9.17) is 18.1 Å². The van der Waals surface area contributed by atoms with Gasteiger partial charge < -0.3 is 18.1 Å². The van der Waals surface area contributed by atoms with Crippen LogP contribution in [0.15, 0.2) is 48.5 Å².